The maximum absolute atomic E-state index is 12.6. The topological polar surface area (TPSA) is 108 Å². The van der Waals surface area contributed by atoms with Crippen molar-refractivity contribution < 1.29 is 13.2 Å². The minimum absolute atomic E-state index is 0.310. The predicted octanol–water partition coefficient (Wildman–Crippen LogP) is 1.22. The van der Waals surface area contributed by atoms with Gasteiger partial charge in [0.05, 0.1) is 6.26 Å². The van der Waals surface area contributed by atoms with Gasteiger partial charge in [-0.25, -0.2) is 13.4 Å². The molecule has 2 aromatic rings. The fraction of sp³-hybridized carbons (Fsp3) is 0.400. The van der Waals surface area contributed by atoms with E-state index in [1.807, 2.05) is 6.07 Å². The van der Waals surface area contributed by atoms with Crippen molar-refractivity contribution in [3.63, 3.8) is 0 Å². The van der Waals surface area contributed by atoms with Crippen LogP contribution in [0, 0.1) is 0 Å². The van der Waals surface area contributed by atoms with Crippen molar-refractivity contribution in [1.29, 1.82) is 0 Å². The Bertz CT molecular complexity index is 819. The van der Waals surface area contributed by atoms with E-state index in [9.17, 15) is 13.2 Å². The number of nitrogens with one attached hydrogen (secondary N) is 2. The Labute approximate surface area is 140 Å². The van der Waals surface area contributed by atoms with E-state index in [1.54, 1.807) is 18.2 Å². The molecule has 1 atom stereocenters. The number of aromatic nitrogens is 3. The third-order valence-corrected chi connectivity index (χ3v) is 5.29. The lowest BCUT2D eigenvalue weighted by Gasteiger charge is -2.32. The highest BCUT2D eigenvalue weighted by Gasteiger charge is 2.34. The van der Waals surface area contributed by atoms with Gasteiger partial charge in [-0.2, -0.15) is 9.40 Å². The van der Waals surface area contributed by atoms with Crippen LogP contribution < -0.4 is 5.32 Å². The summed E-state index contributed by atoms with van der Waals surface area (Å²) >= 11 is 0. The number of carbonyl (C=O) groups is 1. The number of H-pyrrole nitrogens is 1. The molecule has 3 rings (SSSR count). The highest BCUT2D eigenvalue weighted by molar-refractivity contribution is 7.88. The first-order valence-corrected chi connectivity index (χ1v) is 9.53. The Morgan fingerprint density at radius 1 is 1.38 bits per heavy atom. The average molecular weight is 349 g/mol. The molecule has 0 saturated carbocycles. The van der Waals surface area contributed by atoms with Crippen molar-refractivity contribution >= 4 is 21.6 Å². The van der Waals surface area contributed by atoms with E-state index in [4.69, 9.17) is 0 Å². The molecule has 1 aromatic heterocycles. The van der Waals surface area contributed by atoms with Gasteiger partial charge in [-0.1, -0.05) is 18.6 Å². The summed E-state index contributed by atoms with van der Waals surface area (Å²) < 4.78 is 25.1. The fourth-order valence-corrected chi connectivity index (χ4v) is 4.00. The maximum Gasteiger partial charge on any atom is 0.242 e. The number of hydrogen-bond acceptors (Lipinski definition) is 5. The quantitative estimate of drug-likeness (QED) is 0.863. The molecule has 0 aliphatic carbocycles. The fourth-order valence-electron chi connectivity index (χ4n) is 2.88. The van der Waals surface area contributed by atoms with Crippen LogP contribution in [0.1, 0.15) is 19.3 Å². The van der Waals surface area contributed by atoms with Gasteiger partial charge in [0.2, 0.25) is 15.9 Å². The summed E-state index contributed by atoms with van der Waals surface area (Å²) in [6.45, 7) is 0.384. The third kappa shape index (κ3) is 3.62. The number of nitrogens with zero attached hydrogens (tertiary/aromatic N) is 3. The van der Waals surface area contributed by atoms with Gasteiger partial charge in [0.1, 0.15) is 12.4 Å². The highest BCUT2D eigenvalue weighted by Crippen LogP contribution is 2.23. The minimum Gasteiger partial charge on any atom is -0.325 e. The number of piperidine rings is 1. The molecular formula is C15H19N5O3S. The Kier molecular flexibility index (Phi) is 4.63. The van der Waals surface area contributed by atoms with Crippen LogP contribution in [0.5, 0.6) is 0 Å². The second kappa shape index (κ2) is 6.70. The summed E-state index contributed by atoms with van der Waals surface area (Å²) in [5.41, 5.74) is 1.38. The van der Waals surface area contributed by atoms with Crippen molar-refractivity contribution in [1.82, 2.24) is 19.5 Å². The predicted molar refractivity (Wildman–Crippen MR) is 89.6 cm³/mol. The molecule has 1 aliphatic rings. The van der Waals surface area contributed by atoms with Crippen LogP contribution in [0.2, 0.25) is 0 Å². The van der Waals surface area contributed by atoms with Gasteiger partial charge in [-0.3, -0.25) is 9.89 Å². The van der Waals surface area contributed by atoms with E-state index in [0.29, 0.717) is 24.5 Å². The van der Waals surface area contributed by atoms with Crippen LogP contribution in [0.25, 0.3) is 11.4 Å². The number of anilines is 1. The molecule has 2 N–H and O–H groups in total. The first-order chi connectivity index (χ1) is 11.4. The Morgan fingerprint density at radius 3 is 2.92 bits per heavy atom. The number of amides is 1. The minimum atomic E-state index is -3.41. The van der Waals surface area contributed by atoms with Crippen molar-refractivity contribution in [2.75, 3.05) is 18.1 Å². The second-order valence-corrected chi connectivity index (χ2v) is 7.72. The first kappa shape index (κ1) is 16.6. The van der Waals surface area contributed by atoms with Crippen LogP contribution in [0.4, 0.5) is 5.69 Å². The summed E-state index contributed by atoms with van der Waals surface area (Å²) in [4.78, 5) is 16.6. The Hall–Kier alpha value is -2.26. The summed E-state index contributed by atoms with van der Waals surface area (Å²) in [5, 5.41) is 9.37. The molecule has 1 amide bonds. The second-order valence-electron chi connectivity index (χ2n) is 5.79. The molecule has 0 unspecified atom stereocenters. The van der Waals surface area contributed by atoms with Crippen molar-refractivity contribution in [3.8, 4) is 11.4 Å². The lowest BCUT2D eigenvalue weighted by Crippen LogP contribution is -2.49. The van der Waals surface area contributed by atoms with Gasteiger partial charge in [0, 0.05) is 17.8 Å². The molecule has 0 spiro atoms. The van der Waals surface area contributed by atoms with Crippen molar-refractivity contribution in [2.24, 2.45) is 0 Å². The Morgan fingerprint density at radius 2 is 2.21 bits per heavy atom. The standard InChI is InChI=1S/C15H19N5O3S/c1-24(22,23)20-8-3-2-7-13(20)15(21)18-12-6-4-5-11(9-12)14-16-10-17-19-14/h4-6,9-10,13H,2-3,7-8H2,1H3,(H,18,21)(H,16,17,19)/t13-/m1/s1. The molecule has 128 valence electrons. The SMILES string of the molecule is CS(=O)(=O)N1CCCC[C@@H]1C(=O)Nc1cccc(-c2ncn[nH]2)c1. The largest absolute Gasteiger partial charge is 0.325 e. The molecule has 24 heavy (non-hydrogen) atoms. The number of sulfonamides is 1. The summed E-state index contributed by atoms with van der Waals surface area (Å²) in [7, 11) is -3.41. The molecule has 2 heterocycles. The maximum atomic E-state index is 12.6. The lowest BCUT2D eigenvalue weighted by atomic mass is 10.0. The van der Waals surface area contributed by atoms with E-state index in [-0.39, 0.29) is 5.91 Å². The molecule has 1 saturated heterocycles. The lowest BCUT2D eigenvalue weighted by molar-refractivity contribution is -0.120. The normalized spacial score (nSPS) is 19.1. The number of aromatic amines is 1. The zero-order valence-electron chi connectivity index (χ0n) is 13.3. The van der Waals surface area contributed by atoms with E-state index in [1.165, 1.54) is 10.6 Å². The molecule has 0 bridgehead atoms. The summed E-state index contributed by atoms with van der Waals surface area (Å²) in [5.74, 6) is 0.288. The van der Waals surface area contributed by atoms with Crippen LogP contribution in [-0.4, -0.2) is 52.7 Å². The average Bonchev–Trinajstić information content (AvgIpc) is 3.09. The van der Waals surface area contributed by atoms with E-state index in [2.05, 4.69) is 20.5 Å². The van der Waals surface area contributed by atoms with Crippen molar-refractivity contribution in [2.45, 2.75) is 25.3 Å². The zero-order chi connectivity index (χ0) is 17.2. The molecule has 1 fully saturated rings. The van der Waals surface area contributed by atoms with Crippen LogP contribution in [0.3, 0.4) is 0 Å². The zero-order valence-corrected chi connectivity index (χ0v) is 14.1. The van der Waals surface area contributed by atoms with E-state index >= 15 is 0 Å². The van der Waals surface area contributed by atoms with E-state index in [0.717, 1.165) is 24.7 Å². The molecule has 0 radical (unpaired) electrons. The van der Waals surface area contributed by atoms with Crippen LogP contribution in [0.15, 0.2) is 30.6 Å². The van der Waals surface area contributed by atoms with Gasteiger partial charge in [0.15, 0.2) is 5.82 Å². The first-order valence-electron chi connectivity index (χ1n) is 7.68. The molecule has 1 aromatic carbocycles. The number of carbonyl (C=O) groups excluding carboxylic acids is 1. The van der Waals surface area contributed by atoms with Crippen molar-refractivity contribution in [3.05, 3.63) is 30.6 Å². The van der Waals surface area contributed by atoms with Gasteiger partial charge < -0.3 is 5.32 Å². The number of benzene rings is 1. The monoisotopic (exact) mass is 349 g/mol. The van der Waals surface area contributed by atoms with Crippen LogP contribution in [-0.2, 0) is 14.8 Å². The molecular weight excluding hydrogens is 330 g/mol. The van der Waals surface area contributed by atoms with Gasteiger partial charge in [-0.15, -0.1) is 0 Å². The number of rotatable bonds is 4. The highest BCUT2D eigenvalue weighted by atomic mass is 32.2. The molecule has 1 aliphatic heterocycles. The molecule has 9 heteroatoms. The third-order valence-electron chi connectivity index (χ3n) is 4.00. The van der Waals surface area contributed by atoms with E-state index < -0.39 is 16.1 Å². The summed E-state index contributed by atoms with van der Waals surface area (Å²) in [6, 6.07) is 6.50. The van der Waals surface area contributed by atoms with Gasteiger partial charge in [0.25, 0.3) is 0 Å². The Balaban J connectivity index is 1.78. The van der Waals surface area contributed by atoms with Crippen LogP contribution >= 0.6 is 0 Å². The number of hydrogen-bond donors (Lipinski definition) is 2. The summed E-state index contributed by atoms with van der Waals surface area (Å²) in [6.07, 6.45) is 4.69. The molecule has 8 nitrogen and oxygen atoms in total. The van der Waals surface area contributed by atoms with Gasteiger partial charge >= 0.3 is 0 Å². The smallest absolute Gasteiger partial charge is 0.242 e. The van der Waals surface area contributed by atoms with Gasteiger partial charge in [-0.05, 0) is 25.0 Å².